The van der Waals surface area contributed by atoms with E-state index in [2.05, 4.69) is 219 Å². The number of imidazole rings is 4. The SMILES string of the molecule is CC(C)c1c[c-]c(-c2nc(C#N)cn2-c2c(C(C)C)cccc2C(C)C)c(F)n1.CC(C)c1cncc(C(C)C)c1-n1cc(C#N)nc1-c1[c-]cccc1F.CC(C)n1cc(C#N)nc1-c1[c-]cc2c3ccccc3c3ccccc3c2c1.N#Cc1c[nH]c(-c2[c-]cc3oc4ccccc4c3c2F)n1.[Pt].[Pt].[Pt].[Pt]. The zero-order valence-corrected chi connectivity index (χ0v) is 69.8. The fourth-order valence-corrected chi connectivity index (χ4v) is 12.8. The first-order valence-electron chi connectivity index (χ1n) is 34.2. The van der Waals surface area contributed by atoms with Gasteiger partial charge in [-0.05, 0) is 99.0 Å². The molecule has 15 nitrogen and oxygen atoms in total. The van der Waals surface area contributed by atoms with Gasteiger partial charge in [0, 0.05) is 150 Å². The van der Waals surface area contributed by atoms with Gasteiger partial charge in [0.1, 0.15) is 58.6 Å². The smallest absolute Gasteiger partial charge is 0.148 e. The number of aromatic amines is 1. The van der Waals surface area contributed by atoms with Crippen LogP contribution in [0.25, 0.3) is 111 Å². The van der Waals surface area contributed by atoms with Crippen molar-refractivity contribution >= 4 is 54.3 Å². The average Bonchev–Trinajstić information content (AvgIpc) is 0.842. The minimum absolute atomic E-state index is 0. The van der Waals surface area contributed by atoms with Crippen molar-refractivity contribution in [3.8, 4) is 81.2 Å². The number of hydrogen-bond donors (Lipinski definition) is 1. The Bertz CT molecular complexity index is 5850. The van der Waals surface area contributed by atoms with Crippen molar-refractivity contribution in [3.05, 3.63) is 263 Å². The fourth-order valence-electron chi connectivity index (χ4n) is 12.8. The molecule has 7 aromatic heterocycles. The molecule has 0 unspecified atom stereocenters. The maximum absolute atomic E-state index is 14.9. The Labute approximate surface area is 683 Å². The Balaban J connectivity index is 0.000000180. The van der Waals surface area contributed by atoms with Gasteiger partial charge in [0.2, 0.25) is 0 Å². The number of nitrogens with one attached hydrogen (secondary N) is 1. The van der Waals surface area contributed by atoms with Gasteiger partial charge >= 0.3 is 0 Å². The van der Waals surface area contributed by atoms with Gasteiger partial charge in [0.05, 0.1) is 34.7 Å². The van der Waals surface area contributed by atoms with Crippen LogP contribution in [0.5, 0.6) is 0 Å². The number of para-hydroxylation sites is 2. The van der Waals surface area contributed by atoms with Crippen molar-refractivity contribution in [2.24, 2.45) is 0 Å². The second-order valence-corrected chi connectivity index (χ2v) is 26.9. The van der Waals surface area contributed by atoms with Crippen molar-refractivity contribution in [1.82, 2.24) is 48.6 Å². The van der Waals surface area contributed by atoms with Gasteiger partial charge in [-0.3, -0.25) is 33.7 Å². The van der Waals surface area contributed by atoms with E-state index in [0.29, 0.717) is 45.0 Å². The summed E-state index contributed by atoms with van der Waals surface area (Å²) in [7, 11) is 0. The van der Waals surface area contributed by atoms with Crippen molar-refractivity contribution < 1.29 is 102 Å². The van der Waals surface area contributed by atoms with Crippen LogP contribution < -0.4 is 0 Å². The maximum atomic E-state index is 14.9. The first-order chi connectivity index (χ1) is 50.1. The van der Waals surface area contributed by atoms with Crippen molar-refractivity contribution in [2.45, 2.75) is 119 Å². The van der Waals surface area contributed by atoms with Crippen LogP contribution >= 0.6 is 0 Å². The summed E-state index contributed by atoms with van der Waals surface area (Å²) in [5.41, 5.74) is 10.4. The standard InChI is InChI=1S/C25H18N3.C24H26FN4.C21H20FN4.C16H7FN3O.4Pt/c1-16(2)28-15-18(14-26)27-25(28)17-11-12-23-21-9-4-3-7-19(21)20-8-5-6-10-22(20)24(23)13-17;1-14(2)18-8-7-9-19(15(3)4)22(18)29-13-17(12-26)27-24(29)20-10-11-21(16(5)6)28-23(20)25;1-13(2)17-10-24-11-18(14(3)4)20(17)26-12-15(9-23)25-21(26)16-7-5-6-8-19(16)22;17-15-11(16-19-8-9(7-18)20-16)5-6-13-14(15)10-3-1-2-4-12(10)21-13;;;;/h3-10,12-13,15-16H,1-2H3;7-9,11,13-16H,1-6H3;5-6,8,10-14H,1-4H3;1-4,6,8H,(H,19,20);;;;/q4*-1;;;;. The van der Waals surface area contributed by atoms with E-state index in [1.54, 1.807) is 53.4 Å². The molecule has 15 rings (SSSR count). The Morgan fingerprint density at radius 2 is 0.944 bits per heavy atom. The Hall–Kier alpha value is -10.0. The molecule has 108 heavy (non-hydrogen) atoms. The molecule has 8 aromatic carbocycles. The molecule has 556 valence electrons. The van der Waals surface area contributed by atoms with Gasteiger partial charge in [-0.1, -0.05) is 187 Å². The summed E-state index contributed by atoms with van der Waals surface area (Å²) >= 11 is 0. The summed E-state index contributed by atoms with van der Waals surface area (Å²) in [6.07, 6.45) is 10.2. The van der Waals surface area contributed by atoms with Gasteiger partial charge < -0.3 is 28.1 Å². The van der Waals surface area contributed by atoms with Gasteiger partial charge in [0.15, 0.2) is 0 Å². The van der Waals surface area contributed by atoms with Crippen LogP contribution in [0.1, 0.15) is 169 Å². The number of nitriles is 4. The molecule has 1 N–H and O–H groups in total. The summed E-state index contributed by atoms with van der Waals surface area (Å²) in [6, 6.07) is 63.2. The molecule has 0 aliphatic heterocycles. The van der Waals surface area contributed by atoms with Gasteiger partial charge in [-0.15, -0.1) is 72.3 Å². The van der Waals surface area contributed by atoms with Crippen LogP contribution in [0.15, 0.2) is 175 Å². The first-order valence-corrected chi connectivity index (χ1v) is 34.2. The third-order valence-electron chi connectivity index (χ3n) is 18.0. The molecule has 22 heteroatoms. The number of halogens is 3. The van der Waals surface area contributed by atoms with Crippen LogP contribution in [0, 0.1) is 87.2 Å². The van der Waals surface area contributed by atoms with E-state index in [-0.39, 0.29) is 159 Å². The topological polar surface area (TPSA) is 216 Å². The van der Waals surface area contributed by atoms with E-state index in [1.807, 2.05) is 65.8 Å². The number of furan rings is 1. The number of fused-ring (bicyclic) bond motifs is 9. The number of hydrogen-bond acceptors (Lipinski definition) is 11. The second-order valence-electron chi connectivity index (χ2n) is 26.9. The predicted molar refractivity (Wildman–Crippen MR) is 400 cm³/mol. The average molecular weight is 2150 g/mol. The van der Waals surface area contributed by atoms with Crippen molar-refractivity contribution in [1.29, 1.82) is 21.0 Å². The monoisotopic (exact) mass is 2150 g/mol. The zero-order chi connectivity index (χ0) is 73.8. The summed E-state index contributed by atoms with van der Waals surface area (Å²) in [5.74, 6) is 1.28. The van der Waals surface area contributed by atoms with Gasteiger partial charge in [0.25, 0.3) is 0 Å². The molecular formula is C86H71F3N14OPt4-4. The van der Waals surface area contributed by atoms with E-state index in [0.717, 1.165) is 45.0 Å². The van der Waals surface area contributed by atoms with E-state index in [9.17, 15) is 29.0 Å². The van der Waals surface area contributed by atoms with Crippen LogP contribution in [0.2, 0.25) is 0 Å². The molecule has 0 saturated heterocycles. The predicted octanol–water partition coefficient (Wildman–Crippen LogP) is 21.1. The molecule has 0 aliphatic rings. The molecule has 0 fully saturated rings. The minimum atomic E-state index is -0.624. The number of pyridine rings is 2. The first kappa shape index (κ1) is 83.6. The van der Waals surface area contributed by atoms with E-state index >= 15 is 0 Å². The number of rotatable bonds is 12. The summed E-state index contributed by atoms with van der Waals surface area (Å²) in [5, 5.41) is 45.3. The van der Waals surface area contributed by atoms with E-state index < -0.39 is 17.6 Å². The summed E-state index contributed by atoms with van der Waals surface area (Å²) < 4.78 is 55.4. The number of benzene rings is 8. The molecule has 0 amide bonds. The second kappa shape index (κ2) is 36.3. The molecule has 0 aliphatic carbocycles. The molecule has 0 saturated carbocycles. The number of aromatic nitrogens is 10. The fraction of sp³-hybridized carbons (Fsp3) is 0.209. The van der Waals surface area contributed by atoms with Gasteiger partial charge in [-0.25, -0.2) is 4.39 Å². The van der Waals surface area contributed by atoms with E-state index in [1.165, 1.54) is 44.6 Å². The molecule has 0 radical (unpaired) electrons. The maximum Gasteiger partial charge on any atom is 0.148 e. The Morgan fingerprint density at radius 1 is 0.444 bits per heavy atom. The summed E-state index contributed by atoms with van der Waals surface area (Å²) in [6.45, 7) is 24.9. The zero-order valence-electron chi connectivity index (χ0n) is 60.8. The van der Waals surface area contributed by atoms with Crippen molar-refractivity contribution in [2.75, 3.05) is 0 Å². The third kappa shape index (κ3) is 17.0. The summed E-state index contributed by atoms with van der Waals surface area (Å²) in [4.78, 5) is 28.6. The minimum Gasteiger partial charge on any atom is -0.500 e. The molecule has 15 aromatic rings. The largest absolute Gasteiger partial charge is 0.500 e. The molecule has 7 heterocycles. The van der Waals surface area contributed by atoms with Crippen LogP contribution in [-0.4, -0.2) is 48.6 Å². The number of nitrogens with zero attached hydrogens (tertiary/aromatic N) is 13. The molecule has 0 bridgehead atoms. The van der Waals surface area contributed by atoms with Crippen molar-refractivity contribution in [3.63, 3.8) is 0 Å². The van der Waals surface area contributed by atoms with Gasteiger partial charge in [-0.2, -0.15) is 21.0 Å². The molecule has 0 atom stereocenters. The molecule has 0 spiro atoms. The normalized spacial score (nSPS) is 10.9. The van der Waals surface area contributed by atoms with Crippen LogP contribution in [0.3, 0.4) is 0 Å². The van der Waals surface area contributed by atoms with Crippen LogP contribution in [0.4, 0.5) is 13.2 Å². The Kier molecular flexibility index (Phi) is 28.1. The number of H-pyrrole nitrogens is 1. The van der Waals surface area contributed by atoms with E-state index in [4.69, 9.17) is 9.68 Å². The molecular weight excluding hydrogens is 2080 g/mol. The van der Waals surface area contributed by atoms with Crippen LogP contribution in [-0.2, 0) is 84.3 Å². The third-order valence-corrected chi connectivity index (χ3v) is 18.0. The quantitative estimate of drug-likeness (QED) is 0.0689. The Morgan fingerprint density at radius 3 is 1.46 bits per heavy atom.